The van der Waals surface area contributed by atoms with Gasteiger partial charge in [-0.3, -0.25) is 0 Å². The van der Waals surface area contributed by atoms with E-state index in [1.165, 1.54) is 15.3 Å². The monoisotopic (exact) mass is 360 g/mol. The average Bonchev–Trinajstić information content (AvgIpc) is 2.90. The Morgan fingerprint density at radius 2 is 1.90 bits per heavy atom. The van der Waals surface area contributed by atoms with Crippen LogP contribution in [-0.2, 0) is 6.42 Å². The van der Waals surface area contributed by atoms with Gasteiger partial charge < -0.3 is 5.32 Å². The van der Waals surface area contributed by atoms with Crippen LogP contribution in [0, 0.1) is 0 Å². The van der Waals surface area contributed by atoms with Crippen molar-refractivity contribution in [2.75, 3.05) is 6.54 Å². The highest BCUT2D eigenvalue weighted by molar-refractivity contribution is 9.10. The largest absolute Gasteiger partial charge is 0.310 e. The molecular weight excluding hydrogens is 344 g/mol. The van der Waals surface area contributed by atoms with Gasteiger partial charge in [-0.25, -0.2) is 4.98 Å². The van der Waals surface area contributed by atoms with E-state index in [4.69, 9.17) is 0 Å². The SMILES string of the molecule is CC(NCCc1nc2ccccc2s1)c1ccc(Br)cc1. The van der Waals surface area contributed by atoms with Crippen molar-refractivity contribution < 1.29 is 0 Å². The minimum atomic E-state index is 0.354. The van der Waals surface area contributed by atoms with Gasteiger partial charge in [-0.05, 0) is 36.8 Å². The second kappa shape index (κ2) is 6.69. The van der Waals surface area contributed by atoms with E-state index in [1.807, 2.05) is 6.07 Å². The average molecular weight is 361 g/mol. The Hall–Kier alpha value is -1.23. The molecule has 0 radical (unpaired) electrons. The van der Waals surface area contributed by atoms with Crippen molar-refractivity contribution in [1.82, 2.24) is 10.3 Å². The predicted molar refractivity (Wildman–Crippen MR) is 93.9 cm³/mol. The molecule has 0 aliphatic heterocycles. The van der Waals surface area contributed by atoms with Gasteiger partial charge in [0.1, 0.15) is 0 Å². The Morgan fingerprint density at radius 1 is 1.14 bits per heavy atom. The maximum Gasteiger partial charge on any atom is 0.0951 e. The van der Waals surface area contributed by atoms with Gasteiger partial charge in [0.25, 0.3) is 0 Å². The number of hydrogen-bond donors (Lipinski definition) is 1. The van der Waals surface area contributed by atoms with Crippen LogP contribution in [-0.4, -0.2) is 11.5 Å². The molecule has 2 nitrogen and oxygen atoms in total. The molecule has 21 heavy (non-hydrogen) atoms. The van der Waals surface area contributed by atoms with Crippen LogP contribution in [0.1, 0.15) is 23.5 Å². The topological polar surface area (TPSA) is 24.9 Å². The highest BCUT2D eigenvalue weighted by atomic mass is 79.9. The molecule has 0 fully saturated rings. The van der Waals surface area contributed by atoms with Crippen LogP contribution in [0.5, 0.6) is 0 Å². The summed E-state index contributed by atoms with van der Waals surface area (Å²) in [7, 11) is 0. The highest BCUT2D eigenvalue weighted by Crippen LogP contribution is 2.22. The summed E-state index contributed by atoms with van der Waals surface area (Å²) in [4.78, 5) is 4.67. The fraction of sp³-hybridized carbons (Fsp3) is 0.235. The number of hydrogen-bond acceptors (Lipinski definition) is 3. The van der Waals surface area contributed by atoms with Crippen LogP contribution in [0.2, 0.25) is 0 Å². The molecule has 1 heterocycles. The molecule has 0 saturated heterocycles. The van der Waals surface area contributed by atoms with E-state index >= 15 is 0 Å². The first kappa shape index (κ1) is 14.7. The molecular formula is C17H17BrN2S. The van der Waals surface area contributed by atoms with Crippen LogP contribution in [0.3, 0.4) is 0 Å². The fourth-order valence-electron chi connectivity index (χ4n) is 2.29. The minimum absolute atomic E-state index is 0.354. The Bertz CT molecular complexity index is 688. The number of halogens is 1. The molecule has 3 rings (SSSR count). The molecule has 1 N–H and O–H groups in total. The Kier molecular flexibility index (Phi) is 4.68. The van der Waals surface area contributed by atoms with Crippen molar-refractivity contribution in [3.63, 3.8) is 0 Å². The van der Waals surface area contributed by atoms with Crippen molar-refractivity contribution in [2.24, 2.45) is 0 Å². The lowest BCUT2D eigenvalue weighted by atomic mass is 10.1. The molecule has 0 aliphatic rings. The smallest absolute Gasteiger partial charge is 0.0951 e. The maximum absolute atomic E-state index is 4.67. The summed E-state index contributed by atoms with van der Waals surface area (Å²) in [6.45, 7) is 3.14. The molecule has 0 saturated carbocycles. The number of rotatable bonds is 5. The van der Waals surface area contributed by atoms with Gasteiger partial charge >= 0.3 is 0 Å². The second-order valence-corrected chi connectivity index (χ2v) is 7.08. The number of nitrogens with zero attached hydrogens (tertiary/aromatic N) is 1. The summed E-state index contributed by atoms with van der Waals surface area (Å²) in [6, 6.07) is 17.1. The van der Waals surface area contributed by atoms with E-state index in [0.717, 1.165) is 23.0 Å². The van der Waals surface area contributed by atoms with E-state index in [0.29, 0.717) is 6.04 Å². The van der Waals surface area contributed by atoms with Crippen LogP contribution < -0.4 is 5.32 Å². The molecule has 0 bridgehead atoms. The quantitative estimate of drug-likeness (QED) is 0.695. The molecule has 3 aromatic rings. The first-order valence-corrected chi connectivity index (χ1v) is 8.66. The first-order valence-electron chi connectivity index (χ1n) is 7.05. The summed E-state index contributed by atoms with van der Waals surface area (Å²) < 4.78 is 2.39. The van der Waals surface area contributed by atoms with Crippen molar-refractivity contribution in [3.05, 3.63) is 63.6 Å². The predicted octanol–water partition coefficient (Wildman–Crippen LogP) is 4.95. The zero-order valence-corrected chi connectivity index (χ0v) is 14.2. The van der Waals surface area contributed by atoms with Crippen molar-refractivity contribution >= 4 is 37.5 Å². The third-order valence-corrected chi connectivity index (χ3v) is 5.12. The first-order chi connectivity index (χ1) is 10.2. The maximum atomic E-state index is 4.67. The normalized spacial score (nSPS) is 12.7. The van der Waals surface area contributed by atoms with Crippen molar-refractivity contribution in [1.29, 1.82) is 0 Å². The molecule has 0 amide bonds. The molecule has 1 unspecified atom stereocenters. The van der Waals surface area contributed by atoms with Gasteiger partial charge in [-0.15, -0.1) is 11.3 Å². The summed E-state index contributed by atoms with van der Waals surface area (Å²) in [5, 5.41) is 4.76. The number of para-hydroxylation sites is 1. The van der Waals surface area contributed by atoms with Gasteiger partial charge in [0.2, 0.25) is 0 Å². The van der Waals surface area contributed by atoms with Crippen LogP contribution in [0.25, 0.3) is 10.2 Å². The van der Waals surface area contributed by atoms with Crippen LogP contribution in [0.15, 0.2) is 53.0 Å². The van der Waals surface area contributed by atoms with Crippen LogP contribution in [0.4, 0.5) is 0 Å². The third-order valence-electron chi connectivity index (χ3n) is 3.50. The molecule has 0 aliphatic carbocycles. The second-order valence-electron chi connectivity index (χ2n) is 5.05. The molecule has 4 heteroatoms. The van der Waals surface area contributed by atoms with E-state index < -0.39 is 0 Å². The van der Waals surface area contributed by atoms with Crippen LogP contribution >= 0.6 is 27.3 Å². The Balaban J connectivity index is 1.56. The number of benzene rings is 2. The lowest BCUT2D eigenvalue weighted by molar-refractivity contribution is 0.576. The van der Waals surface area contributed by atoms with Crippen molar-refractivity contribution in [3.8, 4) is 0 Å². The van der Waals surface area contributed by atoms with Gasteiger partial charge in [0, 0.05) is 23.5 Å². The number of thiazole rings is 1. The molecule has 1 aromatic heterocycles. The number of nitrogens with one attached hydrogen (secondary N) is 1. The van der Waals surface area contributed by atoms with E-state index in [-0.39, 0.29) is 0 Å². The van der Waals surface area contributed by atoms with Gasteiger partial charge in [-0.2, -0.15) is 0 Å². The van der Waals surface area contributed by atoms with E-state index in [1.54, 1.807) is 11.3 Å². The summed E-state index contributed by atoms with van der Waals surface area (Å²) in [6.07, 6.45) is 0.972. The fourth-order valence-corrected chi connectivity index (χ4v) is 3.52. The minimum Gasteiger partial charge on any atom is -0.310 e. The summed E-state index contributed by atoms with van der Waals surface area (Å²) in [5.41, 5.74) is 2.42. The molecule has 0 spiro atoms. The molecule has 108 valence electrons. The Morgan fingerprint density at radius 3 is 2.67 bits per heavy atom. The lowest BCUT2D eigenvalue weighted by Crippen LogP contribution is -2.21. The Labute approximate surface area is 137 Å². The zero-order valence-electron chi connectivity index (χ0n) is 11.8. The summed E-state index contributed by atoms with van der Waals surface area (Å²) >= 11 is 5.26. The van der Waals surface area contributed by atoms with Gasteiger partial charge in [-0.1, -0.05) is 40.2 Å². The van der Waals surface area contributed by atoms with E-state index in [9.17, 15) is 0 Å². The van der Waals surface area contributed by atoms with Gasteiger partial charge in [0.05, 0.1) is 15.2 Å². The summed E-state index contributed by atoms with van der Waals surface area (Å²) in [5.74, 6) is 0. The van der Waals surface area contributed by atoms with Crippen molar-refractivity contribution in [2.45, 2.75) is 19.4 Å². The van der Waals surface area contributed by atoms with E-state index in [2.05, 4.69) is 75.6 Å². The van der Waals surface area contributed by atoms with Gasteiger partial charge in [0.15, 0.2) is 0 Å². The zero-order chi connectivity index (χ0) is 14.7. The highest BCUT2D eigenvalue weighted by Gasteiger charge is 2.06. The standard InChI is InChI=1S/C17H17BrN2S/c1-12(13-6-8-14(18)9-7-13)19-11-10-17-20-15-4-2-3-5-16(15)21-17/h2-9,12,19H,10-11H2,1H3. The molecule has 1 atom stereocenters. The number of aromatic nitrogens is 1. The molecule has 2 aromatic carbocycles. The number of fused-ring (bicyclic) bond motifs is 1. The lowest BCUT2D eigenvalue weighted by Gasteiger charge is -2.13. The third kappa shape index (κ3) is 3.70.